The minimum atomic E-state index is -0.918. The second-order valence-corrected chi connectivity index (χ2v) is 3.83. The van der Waals surface area contributed by atoms with Gasteiger partial charge in [-0.2, -0.15) is 0 Å². The Morgan fingerprint density at radius 2 is 1.94 bits per heavy atom. The number of likely N-dealkylation sites (N-methyl/N-ethyl adjacent to an activating group) is 1. The molecule has 1 aliphatic heterocycles. The average molecular weight is 243 g/mol. The third-order valence-corrected chi connectivity index (χ3v) is 2.59. The maximum absolute atomic E-state index is 13.3. The average Bonchev–Trinajstić information content (AvgIpc) is 2.62. The van der Waals surface area contributed by atoms with E-state index in [2.05, 4.69) is 10.3 Å². The van der Waals surface area contributed by atoms with Crippen molar-refractivity contribution < 1.29 is 13.2 Å². The fraction of sp³-hybridized carbons (Fsp3) is 0.364. The molecular weight excluding hydrogens is 231 g/mol. The molecule has 0 amide bonds. The highest BCUT2D eigenvalue weighted by Gasteiger charge is 2.15. The maximum Gasteiger partial charge on any atom is 0.194 e. The van der Waals surface area contributed by atoms with Gasteiger partial charge in [0.2, 0.25) is 0 Å². The molecule has 0 aliphatic carbocycles. The Kier molecular flexibility index (Phi) is 3.21. The van der Waals surface area contributed by atoms with Gasteiger partial charge in [-0.1, -0.05) is 0 Å². The molecule has 0 saturated heterocycles. The Morgan fingerprint density at radius 1 is 1.29 bits per heavy atom. The lowest BCUT2D eigenvalue weighted by Gasteiger charge is -2.15. The predicted molar refractivity (Wildman–Crippen MR) is 58.1 cm³/mol. The van der Waals surface area contributed by atoms with Gasteiger partial charge in [-0.05, 0) is 0 Å². The van der Waals surface area contributed by atoms with Crippen LogP contribution in [0.3, 0.4) is 0 Å². The first kappa shape index (κ1) is 11.8. The van der Waals surface area contributed by atoms with Gasteiger partial charge in [0.05, 0.1) is 6.54 Å². The third-order valence-electron chi connectivity index (χ3n) is 2.59. The highest BCUT2D eigenvalue weighted by molar-refractivity contribution is 5.81. The summed E-state index contributed by atoms with van der Waals surface area (Å²) < 4.78 is 39.3. The summed E-state index contributed by atoms with van der Waals surface area (Å²) in [7, 11) is 1.83. The summed E-state index contributed by atoms with van der Waals surface area (Å²) >= 11 is 0. The van der Waals surface area contributed by atoms with E-state index in [1.807, 2.05) is 11.9 Å². The Labute approximate surface area is 97.0 Å². The summed E-state index contributed by atoms with van der Waals surface area (Å²) in [4.78, 5) is 5.97. The molecule has 92 valence electrons. The van der Waals surface area contributed by atoms with Gasteiger partial charge in [0.1, 0.15) is 17.5 Å². The minimum Gasteiger partial charge on any atom is -0.352 e. The fourth-order valence-electron chi connectivity index (χ4n) is 1.63. The number of benzene rings is 1. The van der Waals surface area contributed by atoms with Gasteiger partial charge >= 0.3 is 0 Å². The number of nitrogens with zero attached hydrogens (tertiary/aromatic N) is 2. The van der Waals surface area contributed by atoms with E-state index in [4.69, 9.17) is 0 Å². The Bertz CT molecular complexity index is 436. The first-order valence-electron chi connectivity index (χ1n) is 5.21. The first-order chi connectivity index (χ1) is 8.08. The van der Waals surface area contributed by atoms with Crippen molar-refractivity contribution >= 4 is 5.96 Å². The molecule has 1 heterocycles. The number of rotatable bonds is 2. The van der Waals surface area contributed by atoms with E-state index in [9.17, 15) is 13.2 Å². The van der Waals surface area contributed by atoms with Gasteiger partial charge in [-0.15, -0.1) is 0 Å². The number of guanidine groups is 1. The van der Waals surface area contributed by atoms with Crippen LogP contribution in [0.2, 0.25) is 0 Å². The van der Waals surface area contributed by atoms with Gasteiger partial charge in [0.25, 0.3) is 0 Å². The largest absolute Gasteiger partial charge is 0.352 e. The molecule has 0 unspecified atom stereocenters. The molecule has 1 aromatic carbocycles. The predicted octanol–water partition coefficient (Wildman–Crippen LogP) is 1.49. The number of aliphatic imine (C=N–C) groups is 1. The summed E-state index contributed by atoms with van der Waals surface area (Å²) in [6.45, 7) is 1.38. The van der Waals surface area contributed by atoms with Crippen molar-refractivity contribution in [1.82, 2.24) is 10.2 Å². The summed E-state index contributed by atoms with van der Waals surface area (Å²) in [6.07, 6.45) is 0. The van der Waals surface area contributed by atoms with Gasteiger partial charge in [-0.25, -0.2) is 13.2 Å². The fourth-order valence-corrected chi connectivity index (χ4v) is 1.63. The summed E-state index contributed by atoms with van der Waals surface area (Å²) in [6, 6.07) is 1.33. The van der Waals surface area contributed by atoms with Crippen LogP contribution in [-0.4, -0.2) is 31.0 Å². The minimum absolute atomic E-state index is 0.0544. The van der Waals surface area contributed by atoms with Crippen LogP contribution in [0.5, 0.6) is 0 Å². The lowest BCUT2D eigenvalue weighted by atomic mass is 10.2. The Morgan fingerprint density at radius 3 is 2.47 bits per heavy atom. The maximum atomic E-state index is 13.3. The number of hydrogen-bond donors (Lipinski definition) is 1. The molecule has 0 aromatic heterocycles. The van der Waals surface area contributed by atoms with Crippen molar-refractivity contribution in [3.63, 3.8) is 0 Å². The van der Waals surface area contributed by atoms with Crippen molar-refractivity contribution in [3.8, 4) is 0 Å². The first-order valence-corrected chi connectivity index (χ1v) is 5.21. The zero-order valence-corrected chi connectivity index (χ0v) is 9.30. The number of halogens is 3. The van der Waals surface area contributed by atoms with Crippen LogP contribution in [0.15, 0.2) is 17.1 Å². The monoisotopic (exact) mass is 243 g/mol. The third kappa shape index (κ3) is 2.51. The van der Waals surface area contributed by atoms with E-state index in [0.29, 0.717) is 24.6 Å². The molecule has 1 N–H and O–H groups in total. The molecular formula is C11H12F3N3. The van der Waals surface area contributed by atoms with E-state index in [-0.39, 0.29) is 12.1 Å². The zero-order valence-electron chi connectivity index (χ0n) is 9.30. The van der Waals surface area contributed by atoms with Crippen LogP contribution in [-0.2, 0) is 6.54 Å². The lowest BCUT2D eigenvalue weighted by Crippen LogP contribution is -2.35. The van der Waals surface area contributed by atoms with Crippen molar-refractivity contribution in [2.75, 3.05) is 20.1 Å². The van der Waals surface area contributed by atoms with Gasteiger partial charge in [-0.3, -0.25) is 4.99 Å². The molecule has 6 heteroatoms. The van der Waals surface area contributed by atoms with Crippen LogP contribution in [0, 0.1) is 17.5 Å². The van der Waals surface area contributed by atoms with E-state index >= 15 is 0 Å². The molecule has 2 rings (SSSR count). The second-order valence-electron chi connectivity index (χ2n) is 3.83. The quantitative estimate of drug-likeness (QED) is 0.852. The summed E-state index contributed by atoms with van der Waals surface area (Å²) in [5.41, 5.74) is -0.186. The molecule has 0 saturated carbocycles. The molecule has 1 aliphatic rings. The molecule has 0 atom stereocenters. The van der Waals surface area contributed by atoms with E-state index < -0.39 is 17.5 Å². The van der Waals surface area contributed by atoms with Crippen molar-refractivity contribution in [3.05, 3.63) is 35.1 Å². The lowest BCUT2D eigenvalue weighted by molar-refractivity contribution is 0.508. The van der Waals surface area contributed by atoms with Gasteiger partial charge in [0, 0.05) is 37.8 Å². The molecule has 17 heavy (non-hydrogen) atoms. The van der Waals surface area contributed by atoms with Crippen LogP contribution >= 0.6 is 0 Å². The van der Waals surface area contributed by atoms with Crippen molar-refractivity contribution in [2.45, 2.75) is 6.54 Å². The molecule has 0 spiro atoms. The number of hydrogen-bond acceptors (Lipinski definition) is 3. The van der Waals surface area contributed by atoms with E-state index in [1.165, 1.54) is 0 Å². The van der Waals surface area contributed by atoms with Gasteiger partial charge < -0.3 is 10.2 Å². The topological polar surface area (TPSA) is 27.6 Å². The highest BCUT2D eigenvalue weighted by Crippen LogP contribution is 2.14. The molecule has 0 bridgehead atoms. The van der Waals surface area contributed by atoms with Crippen LogP contribution in [0.4, 0.5) is 13.2 Å². The van der Waals surface area contributed by atoms with E-state index in [1.54, 1.807) is 0 Å². The normalized spacial score (nSPS) is 15.1. The Hall–Kier alpha value is -1.72. The smallest absolute Gasteiger partial charge is 0.194 e. The Balaban J connectivity index is 2.09. The van der Waals surface area contributed by atoms with E-state index in [0.717, 1.165) is 6.54 Å². The van der Waals surface area contributed by atoms with Crippen LogP contribution in [0.25, 0.3) is 0 Å². The molecule has 1 aromatic rings. The standard InChI is InChI=1S/C11H12F3N3/c1-17-3-2-15-11(17)16-6-8-9(13)4-7(12)5-10(8)14/h4-5H,2-3,6H2,1H3,(H,15,16). The zero-order chi connectivity index (χ0) is 12.4. The SMILES string of the molecule is CN1CCN=C1NCc1c(F)cc(F)cc1F. The summed E-state index contributed by atoms with van der Waals surface area (Å²) in [5, 5.41) is 2.82. The van der Waals surface area contributed by atoms with Crippen molar-refractivity contribution in [2.24, 2.45) is 4.99 Å². The highest BCUT2D eigenvalue weighted by atomic mass is 19.1. The van der Waals surface area contributed by atoms with Crippen molar-refractivity contribution in [1.29, 1.82) is 0 Å². The van der Waals surface area contributed by atoms with Crippen LogP contribution < -0.4 is 5.32 Å². The van der Waals surface area contributed by atoms with Crippen LogP contribution in [0.1, 0.15) is 5.56 Å². The molecule has 0 fully saturated rings. The number of nitrogens with one attached hydrogen (secondary N) is 1. The molecule has 0 radical (unpaired) electrons. The second kappa shape index (κ2) is 4.65. The summed E-state index contributed by atoms with van der Waals surface area (Å²) in [5.74, 6) is -2.11. The molecule has 3 nitrogen and oxygen atoms in total. The van der Waals surface area contributed by atoms with Gasteiger partial charge in [0.15, 0.2) is 5.96 Å².